The highest BCUT2D eigenvalue weighted by Crippen LogP contribution is 2.32. The summed E-state index contributed by atoms with van der Waals surface area (Å²) in [5.41, 5.74) is 9.50. The van der Waals surface area contributed by atoms with Gasteiger partial charge in [0.05, 0.1) is 0 Å². The van der Waals surface area contributed by atoms with Gasteiger partial charge in [0, 0.05) is 0 Å². The molecule has 0 amide bonds. The van der Waals surface area contributed by atoms with Crippen LogP contribution in [-0.4, -0.2) is 17.1 Å². The van der Waals surface area contributed by atoms with Crippen molar-refractivity contribution < 1.29 is 9.90 Å². The normalized spacial score (nSPS) is 15.8. The van der Waals surface area contributed by atoms with Crippen LogP contribution in [0.1, 0.15) is 49.3 Å². The summed E-state index contributed by atoms with van der Waals surface area (Å²) in [7, 11) is 0. The third-order valence-electron chi connectivity index (χ3n) is 4.02. The van der Waals surface area contributed by atoms with Crippen LogP contribution >= 0.6 is 0 Å². The molecule has 3 atom stereocenters. The summed E-state index contributed by atoms with van der Waals surface area (Å²) in [5, 5.41) is 8.94. The maximum atomic E-state index is 10.9. The summed E-state index contributed by atoms with van der Waals surface area (Å²) in [4.78, 5) is 10.9. The highest BCUT2D eigenvalue weighted by molar-refractivity contribution is 5.73. The van der Waals surface area contributed by atoms with Gasteiger partial charge in [-0.15, -0.1) is 0 Å². The Hall–Kier alpha value is -1.35. The van der Waals surface area contributed by atoms with Gasteiger partial charge in [0.1, 0.15) is 6.04 Å². The average Bonchev–Trinajstić information content (AvgIpc) is 2.34. The first-order valence-corrected chi connectivity index (χ1v) is 6.92. The van der Waals surface area contributed by atoms with Crippen molar-refractivity contribution >= 4 is 5.97 Å². The van der Waals surface area contributed by atoms with Gasteiger partial charge in [-0.1, -0.05) is 44.0 Å². The summed E-state index contributed by atoms with van der Waals surface area (Å²) in [5.74, 6) is -0.283. The minimum Gasteiger partial charge on any atom is -0.480 e. The van der Waals surface area contributed by atoms with Crippen LogP contribution < -0.4 is 5.73 Å². The molecule has 19 heavy (non-hydrogen) atoms. The molecule has 0 fully saturated rings. The molecule has 0 heterocycles. The quantitative estimate of drug-likeness (QED) is 0.828. The molecule has 1 rings (SSSR count). The van der Waals surface area contributed by atoms with E-state index in [1.54, 1.807) is 0 Å². The Morgan fingerprint density at radius 3 is 2.47 bits per heavy atom. The lowest BCUT2D eigenvalue weighted by atomic mass is 9.80. The van der Waals surface area contributed by atoms with E-state index in [-0.39, 0.29) is 0 Å². The number of hydrogen-bond acceptors (Lipinski definition) is 2. The van der Waals surface area contributed by atoms with Crippen LogP contribution in [0.3, 0.4) is 0 Å². The molecule has 0 aromatic heterocycles. The Kier molecular flexibility index (Phi) is 5.55. The number of carbonyl (C=O) groups is 1. The van der Waals surface area contributed by atoms with Crippen molar-refractivity contribution in [2.45, 2.75) is 52.5 Å². The predicted octanol–water partition coefficient (Wildman–Crippen LogP) is 3.24. The van der Waals surface area contributed by atoms with Crippen LogP contribution in [0.4, 0.5) is 0 Å². The zero-order chi connectivity index (χ0) is 14.6. The molecule has 106 valence electrons. The second-order valence-corrected chi connectivity index (χ2v) is 5.50. The Morgan fingerprint density at radius 1 is 1.37 bits per heavy atom. The fourth-order valence-electron chi connectivity index (χ4n) is 2.74. The summed E-state index contributed by atoms with van der Waals surface area (Å²) in [6.45, 7) is 8.46. The van der Waals surface area contributed by atoms with Gasteiger partial charge in [0.25, 0.3) is 0 Å². The van der Waals surface area contributed by atoms with Crippen molar-refractivity contribution in [3.63, 3.8) is 0 Å². The Morgan fingerprint density at radius 2 is 2.00 bits per heavy atom. The molecule has 0 radical (unpaired) electrons. The minimum absolute atomic E-state index is 0.299. The summed E-state index contributed by atoms with van der Waals surface area (Å²) in [6, 6.07) is 5.68. The molecule has 0 bridgehead atoms. The standard InChI is InChI=1S/C16H25NO2/c1-5-13(9-15(17)16(18)19)12(4)14-7-6-10(2)8-11(14)3/h6-8,12-13,15H,5,9,17H2,1-4H3,(H,18,19). The number of benzene rings is 1. The van der Waals surface area contributed by atoms with Gasteiger partial charge in [-0.05, 0) is 43.2 Å². The van der Waals surface area contributed by atoms with Crippen molar-refractivity contribution in [3.8, 4) is 0 Å². The number of nitrogens with two attached hydrogens (primary N) is 1. The molecule has 0 spiro atoms. The lowest BCUT2D eigenvalue weighted by molar-refractivity contribution is -0.139. The van der Waals surface area contributed by atoms with Gasteiger partial charge in [-0.3, -0.25) is 4.79 Å². The second kappa shape index (κ2) is 6.71. The molecule has 3 heteroatoms. The van der Waals surface area contributed by atoms with E-state index in [0.29, 0.717) is 18.3 Å². The van der Waals surface area contributed by atoms with Crippen LogP contribution in [0.15, 0.2) is 18.2 Å². The molecule has 3 N–H and O–H groups in total. The second-order valence-electron chi connectivity index (χ2n) is 5.50. The number of carboxylic acids is 1. The first-order valence-electron chi connectivity index (χ1n) is 6.92. The van der Waals surface area contributed by atoms with Crippen LogP contribution in [0.5, 0.6) is 0 Å². The monoisotopic (exact) mass is 263 g/mol. The first-order chi connectivity index (χ1) is 8.86. The Bertz CT molecular complexity index is 442. The van der Waals surface area contributed by atoms with E-state index < -0.39 is 12.0 Å². The van der Waals surface area contributed by atoms with Crippen molar-refractivity contribution in [1.82, 2.24) is 0 Å². The van der Waals surface area contributed by atoms with Crippen LogP contribution in [0.2, 0.25) is 0 Å². The number of aliphatic carboxylic acids is 1. The van der Waals surface area contributed by atoms with Gasteiger partial charge in [-0.2, -0.15) is 0 Å². The van der Waals surface area contributed by atoms with Crippen LogP contribution in [0, 0.1) is 19.8 Å². The fraction of sp³-hybridized carbons (Fsp3) is 0.562. The molecule has 3 unspecified atom stereocenters. The average molecular weight is 263 g/mol. The van der Waals surface area contributed by atoms with Gasteiger partial charge in [0.15, 0.2) is 0 Å². The van der Waals surface area contributed by atoms with Gasteiger partial charge in [-0.25, -0.2) is 0 Å². The largest absolute Gasteiger partial charge is 0.480 e. The molecule has 0 aliphatic heterocycles. The van der Waals surface area contributed by atoms with E-state index in [9.17, 15) is 4.79 Å². The lowest BCUT2D eigenvalue weighted by Gasteiger charge is -2.26. The number of hydrogen-bond donors (Lipinski definition) is 2. The zero-order valence-corrected chi connectivity index (χ0v) is 12.3. The molecule has 3 nitrogen and oxygen atoms in total. The lowest BCUT2D eigenvalue weighted by Crippen LogP contribution is -2.33. The zero-order valence-electron chi connectivity index (χ0n) is 12.3. The summed E-state index contributed by atoms with van der Waals surface area (Å²) >= 11 is 0. The van der Waals surface area contributed by atoms with E-state index in [0.717, 1.165) is 6.42 Å². The van der Waals surface area contributed by atoms with Gasteiger partial charge in [0.2, 0.25) is 0 Å². The third kappa shape index (κ3) is 4.06. The molecule has 0 saturated heterocycles. The van der Waals surface area contributed by atoms with Crippen molar-refractivity contribution in [2.24, 2.45) is 11.7 Å². The molecular weight excluding hydrogens is 238 g/mol. The van der Waals surface area contributed by atoms with E-state index in [2.05, 4.69) is 45.9 Å². The van der Waals surface area contributed by atoms with Crippen molar-refractivity contribution in [2.75, 3.05) is 0 Å². The number of carboxylic acid groups (broad SMARTS) is 1. The first kappa shape index (κ1) is 15.7. The van der Waals surface area contributed by atoms with Crippen LogP contribution in [-0.2, 0) is 4.79 Å². The fourth-order valence-corrected chi connectivity index (χ4v) is 2.74. The van der Waals surface area contributed by atoms with E-state index in [1.807, 2.05) is 0 Å². The minimum atomic E-state index is -0.911. The highest BCUT2D eigenvalue weighted by atomic mass is 16.4. The molecule has 1 aromatic carbocycles. The maximum Gasteiger partial charge on any atom is 0.320 e. The SMILES string of the molecule is CCC(CC(N)C(=O)O)C(C)c1ccc(C)cc1C. The smallest absolute Gasteiger partial charge is 0.320 e. The van der Waals surface area contributed by atoms with Crippen molar-refractivity contribution in [1.29, 1.82) is 0 Å². The highest BCUT2D eigenvalue weighted by Gasteiger charge is 2.24. The third-order valence-corrected chi connectivity index (χ3v) is 4.02. The summed E-state index contributed by atoms with van der Waals surface area (Å²) in [6.07, 6.45) is 1.47. The topological polar surface area (TPSA) is 63.3 Å². The molecular formula is C16H25NO2. The molecule has 1 aromatic rings. The van der Waals surface area contributed by atoms with E-state index >= 15 is 0 Å². The number of aryl methyl sites for hydroxylation is 2. The van der Waals surface area contributed by atoms with Gasteiger partial charge < -0.3 is 10.8 Å². The molecule has 0 aliphatic rings. The van der Waals surface area contributed by atoms with E-state index in [1.165, 1.54) is 16.7 Å². The summed E-state index contributed by atoms with van der Waals surface area (Å²) < 4.78 is 0. The predicted molar refractivity (Wildman–Crippen MR) is 78.3 cm³/mol. The van der Waals surface area contributed by atoms with Gasteiger partial charge >= 0.3 is 5.97 Å². The van der Waals surface area contributed by atoms with Crippen molar-refractivity contribution in [3.05, 3.63) is 34.9 Å². The Balaban J connectivity index is 2.88. The van der Waals surface area contributed by atoms with Crippen LogP contribution in [0.25, 0.3) is 0 Å². The Labute approximate surface area is 115 Å². The molecule has 0 aliphatic carbocycles. The van der Waals surface area contributed by atoms with E-state index in [4.69, 9.17) is 10.8 Å². The maximum absolute atomic E-state index is 10.9. The molecule has 0 saturated carbocycles. The number of rotatable bonds is 6.